The van der Waals surface area contributed by atoms with Crippen molar-refractivity contribution < 1.29 is 4.42 Å². The first kappa shape index (κ1) is 31.7. The summed E-state index contributed by atoms with van der Waals surface area (Å²) in [6.07, 6.45) is 0. The summed E-state index contributed by atoms with van der Waals surface area (Å²) in [5.41, 5.74) is 10.8. The van der Waals surface area contributed by atoms with Crippen LogP contribution >= 0.6 is 0 Å². The molecule has 12 rings (SSSR count). The van der Waals surface area contributed by atoms with Gasteiger partial charge in [-0.15, -0.1) is 0 Å². The Kier molecular flexibility index (Phi) is 6.93. The molecule has 12 aromatic rings. The van der Waals surface area contributed by atoms with E-state index in [2.05, 4.69) is 209 Å². The minimum absolute atomic E-state index is 0.906. The maximum absolute atomic E-state index is 6.56. The molecule has 0 unspecified atom stereocenters. The van der Waals surface area contributed by atoms with Gasteiger partial charge in [-0.25, -0.2) is 0 Å². The van der Waals surface area contributed by atoms with E-state index in [1.807, 2.05) is 6.07 Å². The van der Waals surface area contributed by atoms with Crippen molar-refractivity contribution in [2.45, 2.75) is 0 Å². The van der Waals surface area contributed by atoms with Crippen LogP contribution in [0, 0.1) is 0 Å². The molecule has 0 aliphatic carbocycles. The summed E-state index contributed by atoms with van der Waals surface area (Å²) in [5, 5.41) is 11.9. The normalized spacial score (nSPS) is 11.9. The molecule has 0 amide bonds. The van der Waals surface area contributed by atoms with Gasteiger partial charge < -0.3 is 13.6 Å². The molecule has 0 N–H and O–H groups in total. The van der Waals surface area contributed by atoms with Crippen LogP contribution < -0.4 is 0 Å². The van der Waals surface area contributed by atoms with E-state index in [0.717, 1.165) is 66.5 Å². The van der Waals surface area contributed by atoms with Crippen LogP contribution in [0.15, 0.2) is 211 Å². The molecule has 0 radical (unpaired) electrons. The molecular formula is C54H34N2O. The van der Waals surface area contributed by atoms with Crippen LogP contribution in [0.5, 0.6) is 0 Å². The number of aromatic nitrogens is 2. The van der Waals surface area contributed by atoms with Crippen LogP contribution in [0.1, 0.15) is 0 Å². The summed E-state index contributed by atoms with van der Waals surface area (Å²) in [6.45, 7) is 0. The second kappa shape index (κ2) is 12.5. The van der Waals surface area contributed by atoms with Crippen molar-refractivity contribution in [2.24, 2.45) is 0 Å². The molecule has 0 aliphatic heterocycles. The number of rotatable bonds is 3. The van der Waals surface area contributed by atoms with Gasteiger partial charge in [0, 0.05) is 27.7 Å². The zero-order valence-corrected chi connectivity index (χ0v) is 30.9. The zero-order chi connectivity index (χ0) is 37.5. The van der Waals surface area contributed by atoms with Crippen LogP contribution in [0.4, 0.5) is 0 Å². The predicted octanol–water partition coefficient (Wildman–Crippen LogP) is 14.9. The van der Waals surface area contributed by atoms with E-state index in [9.17, 15) is 0 Å². The highest BCUT2D eigenvalue weighted by atomic mass is 16.3. The first-order chi connectivity index (χ1) is 28.3. The average Bonchev–Trinajstić information content (AvgIpc) is 3.67. The van der Waals surface area contributed by atoms with Gasteiger partial charge in [0.1, 0.15) is 11.2 Å². The van der Waals surface area contributed by atoms with Crippen LogP contribution in [-0.2, 0) is 0 Å². The molecule has 3 heteroatoms. The van der Waals surface area contributed by atoms with E-state index in [-0.39, 0.29) is 0 Å². The molecule has 0 atom stereocenters. The lowest BCUT2D eigenvalue weighted by Gasteiger charge is -2.23. The van der Waals surface area contributed by atoms with Crippen molar-refractivity contribution in [3.05, 3.63) is 206 Å². The first-order valence-electron chi connectivity index (χ1n) is 19.5. The van der Waals surface area contributed by atoms with E-state index >= 15 is 0 Å². The molecule has 0 bridgehead atoms. The Hall–Kier alpha value is -7.62. The van der Waals surface area contributed by atoms with Crippen LogP contribution in [0.2, 0.25) is 0 Å². The van der Waals surface area contributed by atoms with Crippen LogP contribution in [-0.4, -0.2) is 9.13 Å². The Balaban J connectivity index is 1.28. The third-order valence-electron chi connectivity index (χ3n) is 11.7. The Labute approximate surface area is 328 Å². The largest absolute Gasteiger partial charge is 0.455 e. The number of nitrogens with zero attached hydrogens (tertiary/aromatic N) is 2. The third kappa shape index (κ3) is 4.79. The van der Waals surface area contributed by atoms with Gasteiger partial charge in [0.05, 0.1) is 22.1 Å². The summed E-state index contributed by atoms with van der Waals surface area (Å²) in [6, 6.07) is 74.7. The van der Waals surface area contributed by atoms with Gasteiger partial charge >= 0.3 is 0 Å². The van der Waals surface area contributed by atoms with Gasteiger partial charge in [-0.05, 0) is 109 Å². The number of fused-ring (bicyclic) bond motifs is 13. The van der Waals surface area contributed by atoms with Gasteiger partial charge in [0.2, 0.25) is 0 Å². The van der Waals surface area contributed by atoms with Crippen molar-refractivity contribution in [2.75, 3.05) is 0 Å². The Bertz CT molecular complexity index is 3630. The Morgan fingerprint density at radius 1 is 0.281 bits per heavy atom. The lowest BCUT2D eigenvalue weighted by Crippen LogP contribution is -2.08. The van der Waals surface area contributed by atoms with E-state index in [0.29, 0.717) is 0 Å². The fourth-order valence-electron chi connectivity index (χ4n) is 9.24. The fourth-order valence-corrected chi connectivity index (χ4v) is 9.24. The third-order valence-corrected chi connectivity index (χ3v) is 11.7. The molecule has 10 aromatic carbocycles. The van der Waals surface area contributed by atoms with Crippen molar-refractivity contribution >= 4 is 87.1 Å². The quantitative estimate of drug-likeness (QED) is 0.166. The molecule has 266 valence electrons. The van der Waals surface area contributed by atoms with Crippen molar-refractivity contribution in [3.8, 4) is 22.5 Å². The molecular weight excluding hydrogens is 693 g/mol. The second-order valence-corrected chi connectivity index (χ2v) is 14.8. The molecule has 0 spiro atoms. The average molecular weight is 727 g/mol. The number of hydrogen-bond donors (Lipinski definition) is 0. The van der Waals surface area contributed by atoms with Crippen LogP contribution in [0.25, 0.3) is 110 Å². The minimum Gasteiger partial charge on any atom is -0.455 e. The first-order valence-corrected chi connectivity index (χ1v) is 19.5. The van der Waals surface area contributed by atoms with Gasteiger partial charge in [-0.1, -0.05) is 146 Å². The lowest BCUT2D eigenvalue weighted by molar-refractivity contribution is 0.670. The molecule has 0 saturated carbocycles. The Morgan fingerprint density at radius 3 is 1.30 bits per heavy atom. The van der Waals surface area contributed by atoms with Gasteiger partial charge in [-0.3, -0.25) is 0 Å². The molecule has 0 aliphatic rings. The molecule has 2 heterocycles. The highest BCUT2D eigenvalue weighted by molar-refractivity contribution is 6.27. The standard InChI is InChI=1S/C54H34N2O/c1-3-16-36(17-4-1)55-49-27-12-13-28-50(49)56(37-18-5-2-6-19-37)52-34-48-42-23-10-9-22-41(42)46-32-35(38-25-15-26-45-44-24-11-14-29-53(44)57-54(38)45)30-31-43(46)39-20-7-8-21-40(39)47(48)33-51(52)55/h1-34H. The zero-order valence-electron chi connectivity index (χ0n) is 30.9. The summed E-state index contributed by atoms with van der Waals surface area (Å²) < 4.78 is 11.4. The van der Waals surface area contributed by atoms with Crippen molar-refractivity contribution in [3.63, 3.8) is 0 Å². The summed E-state index contributed by atoms with van der Waals surface area (Å²) >= 11 is 0. The topological polar surface area (TPSA) is 23.0 Å². The predicted molar refractivity (Wildman–Crippen MR) is 240 cm³/mol. The summed E-state index contributed by atoms with van der Waals surface area (Å²) in [4.78, 5) is 0. The van der Waals surface area contributed by atoms with E-state index < -0.39 is 0 Å². The Morgan fingerprint density at radius 2 is 0.719 bits per heavy atom. The molecule has 57 heavy (non-hydrogen) atoms. The van der Waals surface area contributed by atoms with E-state index in [1.165, 1.54) is 43.1 Å². The SMILES string of the molecule is c1ccc(-n2c3ccccc3n(-c3ccccc3)c3cc4c5ccccc5c5cc(-c6cccc7c6oc6ccccc67)ccc5c5ccccc5c4cc32)cc1. The molecule has 0 fully saturated rings. The van der Waals surface area contributed by atoms with Crippen LogP contribution in [0.3, 0.4) is 0 Å². The lowest BCUT2D eigenvalue weighted by atomic mass is 9.92. The maximum atomic E-state index is 6.56. The van der Waals surface area contributed by atoms with Crippen molar-refractivity contribution in [1.29, 1.82) is 0 Å². The molecule has 2 aromatic heterocycles. The van der Waals surface area contributed by atoms with E-state index in [1.54, 1.807) is 0 Å². The second-order valence-electron chi connectivity index (χ2n) is 14.8. The highest BCUT2D eigenvalue weighted by Gasteiger charge is 2.18. The van der Waals surface area contributed by atoms with E-state index in [4.69, 9.17) is 4.42 Å². The fraction of sp³-hybridized carbons (Fsp3) is 0. The number of furan rings is 1. The smallest absolute Gasteiger partial charge is 0.143 e. The van der Waals surface area contributed by atoms with Gasteiger partial charge in [-0.2, -0.15) is 0 Å². The van der Waals surface area contributed by atoms with Crippen molar-refractivity contribution in [1.82, 2.24) is 9.13 Å². The monoisotopic (exact) mass is 726 g/mol. The minimum atomic E-state index is 0.906. The van der Waals surface area contributed by atoms with Gasteiger partial charge in [0.15, 0.2) is 0 Å². The summed E-state index contributed by atoms with van der Waals surface area (Å²) in [5.74, 6) is 0. The maximum Gasteiger partial charge on any atom is 0.143 e. The number of para-hydroxylation sites is 6. The summed E-state index contributed by atoms with van der Waals surface area (Å²) in [7, 11) is 0. The highest BCUT2D eigenvalue weighted by Crippen LogP contribution is 2.42. The number of hydrogen-bond acceptors (Lipinski definition) is 1. The van der Waals surface area contributed by atoms with Gasteiger partial charge in [0.25, 0.3) is 0 Å². The molecule has 0 saturated heterocycles. The molecule has 3 nitrogen and oxygen atoms in total. The number of benzene rings is 9.